The zero-order valence-electron chi connectivity index (χ0n) is 14.7. The SMILES string of the molecule is CC(NC(=O)c1ccc(Cl)cc1-n1cnnn1)c1nc2ccccc2n1C. The predicted octanol–water partition coefficient (Wildman–Crippen LogP) is 2.69. The van der Waals surface area contributed by atoms with Gasteiger partial charge >= 0.3 is 0 Å². The summed E-state index contributed by atoms with van der Waals surface area (Å²) in [7, 11) is 1.93. The molecule has 0 aliphatic rings. The number of tetrazole rings is 1. The van der Waals surface area contributed by atoms with Crippen LogP contribution in [-0.4, -0.2) is 35.7 Å². The molecule has 0 aliphatic carbocycles. The van der Waals surface area contributed by atoms with Gasteiger partial charge in [0, 0.05) is 12.1 Å². The van der Waals surface area contributed by atoms with Gasteiger partial charge < -0.3 is 9.88 Å². The van der Waals surface area contributed by atoms with Crippen LogP contribution in [0.2, 0.25) is 5.02 Å². The summed E-state index contributed by atoms with van der Waals surface area (Å²) < 4.78 is 3.38. The molecule has 0 aliphatic heterocycles. The van der Waals surface area contributed by atoms with Gasteiger partial charge in [0.05, 0.1) is 28.3 Å². The van der Waals surface area contributed by atoms with E-state index in [0.29, 0.717) is 16.3 Å². The molecule has 4 rings (SSSR count). The van der Waals surface area contributed by atoms with Crippen LogP contribution in [-0.2, 0) is 7.05 Å². The third-order valence-corrected chi connectivity index (χ3v) is 4.59. The van der Waals surface area contributed by atoms with Gasteiger partial charge in [0.15, 0.2) is 0 Å². The highest BCUT2D eigenvalue weighted by Crippen LogP contribution is 2.22. The van der Waals surface area contributed by atoms with Crippen LogP contribution in [0.1, 0.15) is 29.1 Å². The average Bonchev–Trinajstić information content (AvgIpc) is 3.30. The molecule has 8 nitrogen and oxygen atoms in total. The predicted molar refractivity (Wildman–Crippen MR) is 101 cm³/mol. The van der Waals surface area contributed by atoms with E-state index in [0.717, 1.165) is 16.9 Å². The number of carbonyl (C=O) groups excluding carboxylic acids is 1. The Bertz CT molecular complexity index is 1120. The number of benzene rings is 2. The standard InChI is InChI=1S/C18H16ClN7O/c1-11(17-22-14-5-3-4-6-15(14)25(17)2)21-18(27)13-8-7-12(19)9-16(13)26-10-20-23-24-26/h3-11H,1-2H3,(H,21,27). The van der Waals surface area contributed by atoms with Gasteiger partial charge in [0.2, 0.25) is 0 Å². The van der Waals surface area contributed by atoms with Crippen molar-refractivity contribution < 1.29 is 4.79 Å². The largest absolute Gasteiger partial charge is 0.342 e. The molecule has 2 aromatic heterocycles. The lowest BCUT2D eigenvalue weighted by Crippen LogP contribution is -2.29. The summed E-state index contributed by atoms with van der Waals surface area (Å²) >= 11 is 6.08. The van der Waals surface area contributed by atoms with Crippen LogP contribution < -0.4 is 5.32 Å². The topological polar surface area (TPSA) is 90.5 Å². The van der Waals surface area contributed by atoms with Crippen molar-refractivity contribution in [3.05, 3.63) is 65.2 Å². The van der Waals surface area contributed by atoms with E-state index in [9.17, 15) is 4.79 Å². The Labute approximate surface area is 159 Å². The minimum absolute atomic E-state index is 0.267. The van der Waals surface area contributed by atoms with E-state index >= 15 is 0 Å². The van der Waals surface area contributed by atoms with Crippen molar-refractivity contribution >= 4 is 28.5 Å². The molecule has 0 radical (unpaired) electrons. The van der Waals surface area contributed by atoms with Gasteiger partial charge in [0.25, 0.3) is 5.91 Å². The molecular formula is C18H16ClN7O. The van der Waals surface area contributed by atoms with Gasteiger partial charge in [-0.05, 0) is 47.7 Å². The zero-order valence-corrected chi connectivity index (χ0v) is 15.4. The highest BCUT2D eigenvalue weighted by Gasteiger charge is 2.20. The van der Waals surface area contributed by atoms with Crippen LogP contribution in [0.15, 0.2) is 48.8 Å². The number of hydrogen-bond acceptors (Lipinski definition) is 5. The fourth-order valence-electron chi connectivity index (χ4n) is 3.05. The first-order valence-corrected chi connectivity index (χ1v) is 8.67. The minimum atomic E-state index is -0.299. The smallest absolute Gasteiger partial charge is 0.254 e. The third-order valence-electron chi connectivity index (χ3n) is 4.36. The maximum Gasteiger partial charge on any atom is 0.254 e. The van der Waals surface area contributed by atoms with Gasteiger partial charge in [-0.25, -0.2) is 4.98 Å². The molecule has 1 N–H and O–H groups in total. The first kappa shape index (κ1) is 17.2. The molecule has 9 heteroatoms. The molecule has 4 aromatic rings. The summed E-state index contributed by atoms with van der Waals surface area (Å²) in [5.41, 5.74) is 2.81. The van der Waals surface area contributed by atoms with E-state index in [1.54, 1.807) is 18.2 Å². The molecule has 27 heavy (non-hydrogen) atoms. The summed E-state index contributed by atoms with van der Waals surface area (Å²) in [6, 6.07) is 12.5. The number of aromatic nitrogens is 6. The number of hydrogen-bond donors (Lipinski definition) is 1. The maximum atomic E-state index is 12.9. The summed E-state index contributed by atoms with van der Waals surface area (Å²) in [6.45, 7) is 1.89. The summed E-state index contributed by atoms with van der Waals surface area (Å²) in [4.78, 5) is 17.5. The lowest BCUT2D eigenvalue weighted by Gasteiger charge is -2.15. The summed E-state index contributed by atoms with van der Waals surface area (Å²) in [5.74, 6) is 0.499. The van der Waals surface area contributed by atoms with E-state index in [2.05, 4.69) is 25.8 Å². The van der Waals surface area contributed by atoms with Crippen molar-refractivity contribution in [2.45, 2.75) is 13.0 Å². The van der Waals surface area contributed by atoms with Gasteiger partial charge in [-0.3, -0.25) is 4.79 Å². The lowest BCUT2D eigenvalue weighted by atomic mass is 10.1. The van der Waals surface area contributed by atoms with Gasteiger partial charge in [0.1, 0.15) is 12.2 Å². The number of para-hydroxylation sites is 2. The number of nitrogens with one attached hydrogen (secondary N) is 1. The number of halogens is 1. The Morgan fingerprint density at radius 3 is 2.78 bits per heavy atom. The quantitative estimate of drug-likeness (QED) is 0.587. The molecule has 0 fully saturated rings. The van der Waals surface area contributed by atoms with E-state index < -0.39 is 0 Å². The highest BCUT2D eigenvalue weighted by molar-refractivity contribution is 6.31. The third kappa shape index (κ3) is 3.15. The van der Waals surface area contributed by atoms with Crippen LogP contribution in [0.5, 0.6) is 0 Å². The van der Waals surface area contributed by atoms with E-state index in [1.165, 1.54) is 11.0 Å². The van der Waals surface area contributed by atoms with Crippen molar-refractivity contribution in [3.8, 4) is 5.69 Å². The Hall–Kier alpha value is -3.26. The molecule has 1 atom stereocenters. The maximum absolute atomic E-state index is 12.9. The van der Waals surface area contributed by atoms with Gasteiger partial charge in [-0.2, -0.15) is 4.68 Å². The molecule has 2 aromatic carbocycles. The number of aryl methyl sites for hydroxylation is 1. The van der Waals surface area contributed by atoms with Crippen molar-refractivity contribution in [1.82, 2.24) is 35.1 Å². The Kier molecular flexibility index (Phi) is 4.33. The number of imidazole rings is 1. The monoisotopic (exact) mass is 381 g/mol. The normalized spacial score (nSPS) is 12.3. The molecule has 0 spiro atoms. The van der Waals surface area contributed by atoms with E-state index in [-0.39, 0.29) is 11.9 Å². The summed E-state index contributed by atoms with van der Waals surface area (Å²) in [6.07, 6.45) is 1.41. The van der Waals surface area contributed by atoms with Crippen LogP contribution >= 0.6 is 11.6 Å². The number of rotatable bonds is 4. The average molecular weight is 382 g/mol. The first-order valence-electron chi connectivity index (χ1n) is 8.29. The number of nitrogens with zero attached hydrogens (tertiary/aromatic N) is 6. The molecule has 0 saturated heterocycles. The van der Waals surface area contributed by atoms with Crippen LogP contribution in [0.4, 0.5) is 0 Å². The molecule has 2 heterocycles. The van der Waals surface area contributed by atoms with Crippen molar-refractivity contribution in [3.63, 3.8) is 0 Å². The molecule has 136 valence electrons. The number of amides is 1. The Morgan fingerprint density at radius 1 is 1.22 bits per heavy atom. The molecule has 0 bridgehead atoms. The second-order valence-corrected chi connectivity index (χ2v) is 6.57. The van der Waals surface area contributed by atoms with E-state index in [1.807, 2.05) is 42.8 Å². The second-order valence-electron chi connectivity index (χ2n) is 6.13. The highest BCUT2D eigenvalue weighted by atomic mass is 35.5. The van der Waals surface area contributed by atoms with Crippen molar-refractivity contribution in [1.29, 1.82) is 0 Å². The van der Waals surface area contributed by atoms with Crippen LogP contribution in [0.3, 0.4) is 0 Å². The number of carbonyl (C=O) groups is 1. The van der Waals surface area contributed by atoms with Crippen molar-refractivity contribution in [2.75, 3.05) is 0 Å². The Balaban J connectivity index is 1.65. The minimum Gasteiger partial charge on any atom is -0.342 e. The Morgan fingerprint density at radius 2 is 2.04 bits per heavy atom. The van der Waals surface area contributed by atoms with Crippen LogP contribution in [0.25, 0.3) is 16.7 Å². The lowest BCUT2D eigenvalue weighted by molar-refractivity contribution is 0.0937. The fraction of sp³-hybridized carbons (Fsp3) is 0.167. The molecule has 0 saturated carbocycles. The molecular weight excluding hydrogens is 366 g/mol. The first-order chi connectivity index (χ1) is 13.0. The summed E-state index contributed by atoms with van der Waals surface area (Å²) in [5, 5.41) is 14.6. The zero-order chi connectivity index (χ0) is 19.0. The van der Waals surface area contributed by atoms with Gasteiger partial charge in [-0.15, -0.1) is 5.10 Å². The van der Waals surface area contributed by atoms with Crippen LogP contribution in [0, 0.1) is 0 Å². The molecule has 1 unspecified atom stereocenters. The second kappa shape index (κ2) is 6.81. The fourth-order valence-corrected chi connectivity index (χ4v) is 3.21. The molecule has 1 amide bonds. The van der Waals surface area contributed by atoms with Crippen molar-refractivity contribution in [2.24, 2.45) is 7.05 Å². The van der Waals surface area contributed by atoms with Gasteiger partial charge in [-0.1, -0.05) is 23.7 Å². The number of fused-ring (bicyclic) bond motifs is 1. The van der Waals surface area contributed by atoms with E-state index in [4.69, 9.17) is 11.6 Å².